The number of ether oxygens (including phenoxy) is 1. The van der Waals surface area contributed by atoms with Crippen molar-refractivity contribution in [2.24, 2.45) is 0 Å². The van der Waals surface area contributed by atoms with Crippen molar-refractivity contribution in [2.75, 3.05) is 13.1 Å². The third-order valence-corrected chi connectivity index (χ3v) is 5.91. The summed E-state index contributed by atoms with van der Waals surface area (Å²) in [6, 6.07) is 10.4. The first-order valence-corrected chi connectivity index (χ1v) is 8.94. The van der Waals surface area contributed by atoms with Gasteiger partial charge in [-0.15, -0.1) is 0 Å². The Bertz CT molecular complexity index is 913. The van der Waals surface area contributed by atoms with Crippen molar-refractivity contribution < 1.29 is 13.2 Å². The lowest BCUT2D eigenvalue weighted by molar-refractivity contribution is 0.0720. The molecule has 7 heteroatoms. The van der Waals surface area contributed by atoms with Crippen molar-refractivity contribution in [2.45, 2.75) is 24.8 Å². The molecule has 1 aliphatic heterocycles. The van der Waals surface area contributed by atoms with E-state index in [9.17, 15) is 8.42 Å². The molecule has 24 heavy (non-hydrogen) atoms. The van der Waals surface area contributed by atoms with Gasteiger partial charge in [-0.25, -0.2) is 13.4 Å². The largest absolute Gasteiger partial charge is 0.471 e. The number of hydrogen-bond donors (Lipinski definition) is 0. The summed E-state index contributed by atoms with van der Waals surface area (Å²) in [7, 11) is -3.51. The maximum absolute atomic E-state index is 12.7. The van der Waals surface area contributed by atoms with Crippen molar-refractivity contribution in [3.8, 4) is 11.9 Å². The molecule has 0 atom stereocenters. The third kappa shape index (κ3) is 3.11. The van der Waals surface area contributed by atoms with E-state index >= 15 is 0 Å². The van der Waals surface area contributed by atoms with Gasteiger partial charge in [0.2, 0.25) is 15.9 Å². The minimum atomic E-state index is -3.51. The van der Waals surface area contributed by atoms with E-state index in [0.717, 1.165) is 11.1 Å². The van der Waals surface area contributed by atoms with Crippen LogP contribution in [0.25, 0.3) is 0 Å². The lowest BCUT2D eigenvalue weighted by Gasteiger charge is -2.37. The zero-order valence-corrected chi connectivity index (χ0v) is 14.2. The van der Waals surface area contributed by atoms with Crippen LogP contribution in [0.1, 0.15) is 16.7 Å². The topological polar surface area (TPSA) is 83.3 Å². The molecule has 0 radical (unpaired) electrons. The average Bonchev–Trinajstić information content (AvgIpc) is 2.50. The number of aromatic nitrogens is 1. The number of hydrogen-bond acceptors (Lipinski definition) is 5. The fourth-order valence-corrected chi connectivity index (χ4v) is 4.32. The van der Waals surface area contributed by atoms with Crippen molar-refractivity contribution in [1.29, 1.82) is 5.26 Å². The first kappa shape index (κ1) is 16.4. The molecule has 1 aromatic carbocycles. The summed E-state index contributed by atoms with van der Waals surface area (Å²) in [6.45, 7) is 4.27. The first-order chi connectivity index (χ1) is 11.4. The standard InChI is InChI=1S/C17H17N3O3S/c1-12-3-4-16(13(2)7-12)24(21,22)20-10-15(11-20)23-17-8-14(9-18)5-6-19-17/h3-8,15H,10-11H2,1-2H3. The normalized spacial score (nSPS) is 15.5. The Morgan fingerprint density at radius 3 is 2.67 bits per heavy atom. The molecule has 0 amide bonds. The number of nitriles is 1. The van der Waals surface area contributed by atoms with Gasteiger partial charge in [0.1, 0.15) is 6.10 Å². The van der Waals surface area contributed by atoms with Gasteiger partial charge >= 0.3 is 0 Å². The number of nitrogens with zero attached hydrogens (tertiary/aromatic N) is 3. The number of aryl methyl sites for hydroxylation is 2. The van der Waals surface area contributed by atoms with Crippen LogP contribution in [-0.2, 0) is 10.0 Å². The molecule has 1 fully saturated rings. The van der Waals surface area contributed by atoms with E-state index in [0.29, 0.717) is 16.3 Å². The molecule has 0 saturated carbocycles. The van der Waals surface area contributed by atoms with Crippen molar-refractivity contribution in [3.05, 3.63) is 53.2 Å². The summed E-state index contributed by atoms with van der Waals surface area (Å²) >= 11 is 0. The summed E-state index contributed by atoms with van der Waals surface area (Å²) in [5.74, 6) is 0.336. The Labute approximate surface area is 141 Å². The van der Waals surface area contributed by atoms with Gasteiger partial charge in [0.25, 0.3) is 0 Å². The summed E-state index contributed by atoms with van der Waals surface area (Å²) in [5.41, 5.74) is 2.22. The molecule has 6 nitrogen and oxygen atoms in total. The second kappa shape index (κ2) is 6.23. The van der Waals surface area contributed by atoms with Crippen molar-refractivity contribution in [1.82, 2.24) is 9.29 Å². The van der Waals surface area contributed by atoms with Gasteiger partial charge in [-0.05, 0) is 31.5 Å². The minimum Gasteiger partial charge on any atom is -0.471 e. The van der Waals surface area contributed by atoms with Crippen LogP contribution in [0.3, 0.4) is 0 Å². The van der Waals surface area contributed by atoms with E-state index in [4.69, 9.17) is 10.00 Å². The lowest BCUT2D eigenvalue weighted by atomic mass is 10.2. The molecule has 0 unspecified atom stereocenters. The molecule has 0 spiro atoms. The Kier molecular flexibility index (Phi) is 4.26. The summed E-state index contributed by atoms with van der Waals surface area (Å²) < 4.78 is 32.3. The molecule has 2 heterocycles. The maximum Gasteiger partial charge on any atom is 0.243 e. The SMILES string of the molecule is Cc1ccc(S(=O)(=O)N2CC(Oc3cc(C#N)ccn3)C2)c(C)c1. The van der Waals surface area contributed by atoms with Crippen LogP contribution in [0.5, 0.6) is 5.88 Å². The second-order valence-electron chi connectivity index (χ2n) is 5.83. The van der Waals surface area contributed by atoms with Gasteiger partial charge < -0.3 is 4.74 Å². The van der Waals surface area contributed by atoms with Crippen LogP contribution in [-0.4, -0.2) is 36.9 Å². The highest BCUT2D eigenvalue weighted by Gasteiger charge is 2.38. The molecule has 2 aromatic rings. The Morgan fingerprint density at radius 2 is 2.00 bits per heavy atom. The summed E-state index contributed by atoms with van der Waals surface area (Å²) in [5, 5.41) is 8.87. The number of pyridine rings is 1. The van der Waals surface area contributed by atoms with Gasteiger partial charge in [0.05, 0.1) is 29.6 Å². The Balaban J connectivity index is 1.68. The van der Waals surface area contributed by atoms with E-state index in [1.165, 1.54) is 10.5 Å². The zero-order chi connectivity index (χ0) is 17.3. The molecule has 1 saturated heterocycles. The van der Waals surface area contributed by atoms with Crippen LogP contribution in [0.2, 0.25) is 0 Å². The maximum atomic E-state index is 12.7. The van der Waals surface area contributed by atoms with Gasteiger partial charge in [0.15, 0.2) is 0 Å². The molecule has 124 valence electrons. The van der Waals surface area contributed by atoms with Crippen LogP contribution in [0.15, 0.2) is 41.4 Å². The average molecular weight is 343 g/mol. The minimum absolute atomic E-state index is 0.257. The van der Waals surface area contributed by atoms with Crippen LogP contribution in [0.4, 0.5) is 0 Å². The Hall–Kier alpha value is -2.43. The van der Waals surface area contributed by atoms with Gasteiger partial charge in [-0.1, -0.05) is 17.7 Å². The van der Waals surface area contributed by atoms with Crippen molar-refractivity contribution in [3.63, 3.8) is 0 Å². The van der Waals surface area contributed by atoms with Crippen LogP contribution < -0.4 is 4.74 Å². The second-order valence-corrected chi connectivity index (χ2v) is 7.73. The third-order valence-electron chi connectivity index (χ3n) is 3.91. The Morgan fingerprint density at radius 1 is 1.25 bits per heavy atom. The van der Waals surface area contributed by atoms with Gasteiger partial charge in [-0.2, -0.15) is 9.57 Å². The predicted octanol–water partition coefficient (Wildman–Crippen LogP) is 2.02. The first-order valence-electron chi connectivity index (χ1n) is 7.50. The fourth-order valence-electron chi connectivity index (χ4n) is 2.61. The van der Waals surface area contributed by atoms with Gasteiger partial charge in [0, 0.05) is 12.3 Å². The number of benzene rings is 1. The summed E-state index contributed by atoms with van der Waals surface area (Å²) in [4.78, 5) is 4.37. The molecule has 0 N–H and O–H groups in total. The molecule has 0 bridgehead atoms. The van der Waals surface area contributed by atoms with E-state index in [-0.39, 0.29) is 19.2 Å². The molecular weight excluding hydrogens is 326 g/mol. The highest BCUT2D eigenvalue weighted by atomic mass is 32.2. The highest BCUT2D eigenvalue weighted by molar-refractivity contribution is 7.89. The monoisotopic (exact) mass is 343 g/mol. The van der Waals surface area contributed by atoms with E-state index in [1.54, 1.807) is 31.2 Å². The number of sulfonamides is 1. The van der Waals surface area contributed by atoms with E-state index in [1.807, 2.05) is 19.1 Å². The zero-order valence-electron chi connectivity index (χ0n) is 13.4. The van der Waals surface area contributed by atoms with Gasteiger partial charge in [-0.3, -0.25) is 0 Å². The molecular formula is C17H17N3O3S. The van der Waals surface area contributed by atoms with Crippen LogP contribution >= 0.6 is 0 Å². The van der Waals surface area contributed by atoms with Crippen molar-refractivity contribution >= 4 is 10.0 Å². The van der Waals surface area contributed by atoms with E-state index in [2.05, 4.69) is 4.98 Å². The van der Waals surface area contributed by atoms with E-state index < -0.39 is 10.0 Å². The molecule has 3 rings (SSSR count). The highest BCUT2D eigenvalue weighted by Crippen LogP contribution is 2.26. The van der Waals surface area contributed by atoms with Crippen LogP contribution in [0, 0.1) is 25.2 Å². The lowest BCUT2D eigenvalue weighted by Crippen LogP contribution is -2.56. The predicted molar refractivity (Wildman–Crippen MR) is 88.0 cm³/mol. The quantitative estimate of drug-likeness (QED) is 0.848. The molecule has 1 aromatic heterocycles. The fraction of sp³-hybridized carbons (Fsp3) is 0.294. The summed E-state index contributed by atoms with van der Waals surface area (Å²) in [6.07, 6.45) is 1.24. The molecule has 0 aliphatic carbocycles. The molecule has 1 aliphatic rings. The smallest absolute Gasteiger partial charge is 0.243 e. The number of rotatable bonds is 4.